The van der Waals surface area contributed by atoms with Crippen LogP contribution in [0.5, 0.6) is 0 Å². The molecule has 0 saturated carbocycles. The third kappa shape index (κ3) is 4.19. The molecule has 10 nitrogen and oxygen atoms in total. The van der Waals surface area contributed by atoms with Crippen molar-refractivity contribution >= 4 is 29.1 Å². The Kier molecular flexibility index (Phi) is 5.30. The first kappa shape index (κ1) is 19.6. The SMILES string of the molecule is O=C(Nc1ccc(F)c([N+](=O)[O-])c1)/C(=C\c1ccco1)n1nnnc1-c1ccccc1. The Morgan fingerprint density at radius 1 is 1.16 bits per heavy atom. The van der Waals surface area contributed by atoms with Crippen molar-refractivity contribution in [1.29, 1.82) is 0 Å². The molecule has 0 radical (unpaired) electrons. The number of nitro groups is 1. The number of hydrogen-bond acceptors (Lipinski definition) is 7. The minimum atomic E-state index is -1.01. The van der Waals surface area contributed by atoms with E-state index >= 15 is 0 Å². The highest BCUT2D eigenvalue weighted by Crippen LogP contribution is 2.24. The highest BCUT2D eigenvalue weighted by molar-refractivity contribution is 6.24. The number of nitrogens with zero attached hydrogens (tertiary/aromatic N) is 5. The number of hydrogen-bond donors (Lipinski definition) is 1. The summed E-state index contributed by atoms with van der Waals surface area (Å²) >= 11 is 0. The van der Waals surface area contributed by atoms with Gasteiger partial charge in [-0.05, 0) is 34.7 Å². The standard InChI is InChI=1S/C20H13FN6O4/c21-16-9-8-14(11-17(16)27(29)30)22-20(28)18(12-15-7-4-10-31-15)26-19(23-24-25-26)13-5-2-1-3-6-13/h1-12H,(H,22,28)/b18-12+. The summed E-state index contributed by atoms with van der Waals surface area (Å²) in [5.74, 6) is -1.06. The van der Waals surface area contributed by atoms with Gasteiger partial charge in [-0.1, -0.05) is 30.3 Å². The highest BCUT2D eigenvalue weighted by Gasteiger charge is 2.21. The van der Waals surface area contributed by atoms with E-state index in [0.717, 1.165) is 12.1 Å². The first-order valence-electron chi connectivity index (χ1n) is 8.87. The average Bonchev–Trinajstić information content (AvgIpc) is 3.45. The van der Waals surface area contributed by atoms with Crippen LogP contribution in [-0.4, -0.2) is 31.0 Å². The van der Waals surface area contributed by atoms with Crippen LogP contribution in [0.15, 0.2) is 71.3 Å². The number of rotatable bonds is 6. The predicted octanol–water partition coefficient (Wildman–Crippen LogP) is 3.62. The number of furan rings is 1. The Balaban J connectivity index is 1.74. The van der Waals surface area contributed by atoms with Crippen LogP contribution < -0.4 is 5.32 Å². The minimum Gasteiger partial charge on any atom is -0.465 e. The van der Waals surface area contributed by atoms with E-state index in [1.165, 1.54) is 23.1 Å². The van der Waals surface area contributed by atoms with Crippen LogP contribution in [0.2, 0.25) is 0 Å². The fourth-order valence-electron chi connectivity index (χ4n) is 2.77. The lowest BCUT2D eigenvalue weighted by Gasteiger charge is -2.10. The third-order valence-corrected chi connectivity index (χ3v) is 4.19. The Hall–Kier alpha value is -4.67. The molecule has 0 aliphatic heterocycles. The zero-order chi connectivity index (χ0) is 21.8. The summed E-state index contributed by atoms with van der Waals surface area (Å²) in [5.41, 5.74) is -0.103. The number of halogens is 1. The van der Waals surface area contributed by atoms with Crippen molar-refractivity contribution in [3.8, 4) is 11.4 Å². The van der Waals surface area contributed by atoms with E-state index < -0.39 is 22.3 Å². The Labute approximate surface area is 173 Å². The van der Waals surface area contributed by atoms with E-state index in [9.17, 15) is 19.3 Å². The van der Waals surface area contributed by atoms with Crippen molar-refractivity contribution in [3.63, 3.8) is 0 Å². The number of benzene rings is 2. The number of nitrogens with one attached hydrogen (secondary N) is 1. The molecule has 0 atom stereocenters. The largest absolute Gasteiger partial charge is 0.465 e. The summed E-state index contributed by atoms with van der Waals surface area (Å²) in [5, 5.41) is 25.1. The average molecular weight is 420 g/mol. The summed E-state index contributed by atoms with van der Waals surface area (Å²) in [4.78, 5) is 23.2. The number of aromatic nitrogens is 4. The van der Waals surface area contributed by atoms with E-state index in [1.54, 1.807) is 36.4 Å². The molecule has 2 heterocycles. The number of anilines is 1. The lowest BCUT2D eigenvalue weighted by Crippen LogP contribution is -2.19. The van der Waals surface area contributed by atoms with Crippen molar-refractivity contribution in [2.45, 2.75) is 0 Å². The van der Waals surface area contributed by atoms with Gasteiger partial charge in [0.1, 0.15) is 11.5 Å². The van der Waals surface area contributed by atoms with Crippen LogP contribution in [0.3, 0.4) is 0 Å². The molecule has 11 heteroatoms. The van der Waals surface area contributed by atoms with Gasteiger partial charge in [-0.25, -0.2) is 0 Å². The molecule has 0 spiro atoms. The maximum atomic E-state index is 13.6. The van der Waals surface area contributed by atoms with Gasteiger partial charge in [0.25, 0.3) is 5.91 Å². The monoisotopic (exact) mass is 420 g/mol. The first-order chi connectivity index (χ1) is 15.0. The molecule has 0 unspecified atom stereocenters. The van der Waals surface area contributed by atoms with Crippen LogP contribution in [0.4, 0.5) is 15.8 Å². The van der Waals surface area contributed by atoms with Gasteiger partial charge in [-0.15, -0.1) is 5.10 Å². The molecule has 0 bridgehead atoms. The maximum Gasteiger partial charge on any atom is 0.306 e. The lowest BCUT2D eigenvalue weighted by atomic mass is 10.2. The van der Waals surface area contributed by atoms with Crippen LogP contribution in [-0.2, 0) is 4.79 Å². The molecule has 4 aromatic rings. The van der Waals surface area contributed by atoms with E-state index in [2.05, 4.69) is 20.8 Å². The van der Waals surface area contributed by atoms with Crippen LogP contribution in [0.25, 0.3) is 23.2 Å². The molecule has 0 fully saturated rings. The molecule has 0 aliphatic carbocycles. The number of amides is 1. The topological polar surface area (TPSA) is 129 Å². The molecule has 1 N–H and O–H groups in total. The quantitative estimate of drug-likeness (QED) is 0.286. The second kappa shape index (κ2) is 8.37. The summed E-state index contributed by atoms with van der Waals surface area (Å²) < 4.78 is 20.1. The van der Waals surface area contributed by atoms with Crippen molar-refractivity contribution < 1.29 is 18.5 Å². The van der Waals surface area contributed by atoms with Gasteiger partial charge in [0.2, 0.25) is 5.82 Å². The van der Waals surface area contributed by atoms with E-state index in [1.807, 2.05) is 6.07 Å². The van der Waals surface area contributed by atoms with E-state index in [4.69, 9.17) is 4.42 Å². The van der Waals surface area contributed by atoms with Gasteiger partial charge in [0, 0.05) is 23.4 Å². The summed E-state index contributed by atoms with van der Waals surface area (Å²) in [7, 11) is 0. The Morgan fingerprint density at radius 2 is 1.97 bits per heavy atom. The molecule has 2 aromatic heterocycles. The van der Waals surface area contributed by atoms with Crippen molar-refractivity contribution in [3.05, 3.63) is 88.6 Å². The smallest absolute Gasteiger partial charge is 0.306 e. The molecule has 2 aromatic carbocycles. The van der Waals surface area contributed by atoms with E-state index in [0.29, 0.717) is 17.1 Å². The van der Waals surface area contributed by atoms with E-state index in [-0.39, 0.29) is 11.4 Å². The molecule has 0 saturated heterocycles. The van der Waals surface area contributed by atoms with Crippen LogP contribution in [0.1, 0.15) is 5.76 Å². The third-order valence-electron chi connectivity index (χ3n) is 4.19. The zero-order valence-corrected chi connectivity index (χ0v) is 15.7. The number of carbonyl (C=O) groups excluding carboxylic acids is 1. The lowest BCUT2D eigenvalue weighted by molar-refractivity contribution is -0.387. The Bertz CT molecular complexity index is 1270. The normalized spacial score (nSPS) is 11.3. The highest BCUT2D eigenvalue weighted by atomic mass is 19.1. The zero-order valence-electron chi connectivity index (χ0n) is 15.7. The first-order valence-corrected chi connectivity index (χ1v) is 8.87. The fourth-order valence-corrected chi connectivity index (χ4v) is 2.77. The minimum absolute atomic E-state index is 0.0224. The summed E-state index contributed by atoms with van der Waals surface area (Å²) in [6.07, 6.45) is 2.85. The fraction of sp³-hybridized carbons (Fsp3) is 0. The van der Waals surface area contributed by atoms with Gasteiger partial charge >= 0.3 is 5.69 Å². The number of nitro benzene ring substituents is 1. The molecule has 1 amide bonds. The van der Waals surface area contributed by atoms with Crippen molar-refractivity contribution in [1.82, 2.24) is 20.2 Å². The molecule has 31 heavy (non-hydrogen) atoms. The summed E-state index contributed by atoms with van der Waals surface area (Å²) in [6.45, 7) is 0. The van der Waals surface area contributed by atoms with Crippen LogP contribution >= 0.6 is 0 Å². The van der Waals surface area contributed by atoms with Crippen molar-refractivity contribution in [2.75, 3.05) is 5.32 Å². The maximum absolute atomic E-state index is 13.6. The number of carbonyl (C=O) groups is 1. The molecular weight excluding hydrogens is 407 g/mol. The van der Waals surface area contributed by atoms with Gasteiger partial charge in [-0.3, -0.25) is 14.9 Å². The van der Waals surface area contributed by atoms with Crippen molar-refractivity contribution in [2.24, 2.45) is 0 Å². The summed E-state index contributed by atoms with van der Waals surface area (Å²) in [6, 6.07) is 15.3. The molecule has 0 aliphatic rings. The second-order valence-corrected chi connectivity index (χ2v) is 6.20. The van der Waals surface area contributed by atoms with Gasteiger partial charge < -0.3 is 9.73 Å². The number of tetrazole rings is 1. The molecule has 4 rings (SSSR count). The van der Waals surface area contributed by atoms with Crippen LogP contribution in [0, 0.1) is 15.9 Å². The molecule has 154 valence electrons. The van der Waals surface area contributed by atoms with Gasteiger partial charge in [-0.2, -0.15) is 9.07 Å². The van der Waals surface area contributed by atoms with Gasteiger partial charge in [0.05, 0.1) is 11.2 Å². The van der Waals surface area contributed by atoms with Gasteiger partial charge in [0.15, 0.2) is 5.82 Å². The second-order valence-electron chi connectivity index (χ2n) is 6.20. The predicted molar refractivity (Wildman–Crippen MR) is 108 cm³/mol. The Morgan fingerprint density at radius 3 is 2.68 bits per heavy atom. The molecular formula is C20H13FN6O4.